The second-order valence-corrected chi connectivity index (χ2v) is 7.91. The van der Waals surface area contributed by atoms with Crippen LogP contribution in [0.5, 0.6) is 0 Å². The molecule has 2 aromatic heterocycles. The number of hydrogen-bond donors (Lipinski definition) is 1. The van der Waals surface area contributed by atoms with E-state index in [-0.39, 0.29) is 5.41 Å². The van der Waals surface area contributed by atoms with E-state index in [2.05, 4.69) is 30.9 Å². The Kier molecular flexibility index (Phi) is 3.98. The van der Waals surface area contributed by atoms with Gasteiger partial charge in [0.1, 0.15) is 5.15 Å². The van der Waals surface area contributed by atoms with Crippen molar-refractivity contribution in [2.24, 2.45) is 5.41 Å². The molecule has 0 bridgehead atoms. The van der Waals surface area contributed by atoms with Gasteiger partial charge in [-0.3, -0.25) is 4.90 Å². The van der Waals surface area contributed by atoms with E-state index in [0.29, 0.717) is 17.3 Å². The van der Waals surface area contributed by atoms with E-state index < -0.39 is 11.6 Å². The second-order valence-electron chi connectivity index (χ2n) is 7.52. The fourth-order valence-electron chi connectivity index (χ4n) is 3.92. The van der Waals surface area contributed by atoms with Crippen molar-refractivity contribution in [2.75, 3.05) is 6.54 Å². The van der Waals surface area contributed by atoms with Gasteiger partial charge in [-0.05, 0) is 37.7 Å². The summed E-state index contributed by atoms with van der Waals surface area (Å²) < 4.78 is 1.59. The number of nitrogens with zero attached hydrogens (tertiary/aromatic N) is 4. The van der Waals surface area contributed by atoms with Gasteiger partial charge in [-0.15, -0.1) is 0 Å². The molecular formula is C17H23ClN4O2. The number of fused-ring (bicyclic) bond motifs is 1. The number of carbonyl (C=O) groups is 1. The quantitative estimate of drug-likeness (QED) is 0.786. The number of aromatic nitrogens is 3. The number of carboxylic acid groups (broad SMARTS) is 1. The summed E-state index contributed by atoms with van der Waals surface area (Å²) in [5, 5.41) is 15.0. The van der Waals surface area contributed by atoms with Gasteiger partial charge < -0.3 is 5.11 Å². The molecule has 1 atom stereocenters. The first-order valence-corrected chi connectivity index (χ1v) is 8.58. The first kappa shape index (κ1) is 17.0. The maximum absolute atomic E-state index is 12.0. The second kappa shape index (κ2) is 5.62. The van der Waals surface area contributed by atoms with Gasteiger partial charge >= 0.3 is 6.09 Å². The zero-order valence-electron chi connectivity index (χ0n) is 14.5. The molecule has 0 saturated carbocycles. The monoisotopic (exact) mass is 350 g/mol. The van der Waals surface area contributed by atoms with Gasteiger partial charge in [0.05, 0.1) is 11.2 Å². The van der Waals surface area contributed by atoms with Crippen molar-refractivity contribution in [3.63, 3.8) is 0 Å². The molecule has 130 valence electrons. The van der Waals surface area contributed by atoms with Crippen LogP contribution in [0, 0.1) is 12.3 Å². The maximum Gasteiger partial charge on any atom is 0.408 e. The summed E-state index contributed by atoms with van der Waals surface area (Å²) in [7, 11) is 0. The number of amides is 1. The lowest BCUT2D eigenvalue weighted by atomic mass is 9.66. The molecule has 1 saturated heterocycles. The molecule has 3 rings (SSSR count). The third kappa shape index (κ3) is 2.44. The minimum absolute atomic E-state index is 0.314. The van der Waals surface area contributed by atoms with Gasteiger partial charge in [0.2, 0.25) is 0 Å². The molecule has 1 unspecified atom stereocenters. The third-order valence-electron chi connectivity index (χ3n) is 5.04. The van der Waals surface area contributed by atoms with Crippen LogP contribution in [-0.2, 0) is 5.54 Å². The Morgan fingerprint density at radius 2 is 2.04 bits per heavy atom. The average molecular weight is 351 g/mol. The zero-order valence-corrected chi connectivity index (χ0v) is 15.3. The SMILES string of the molecule is Cc1cc(Cl)n2nc(C3(C(C)(C)C)CCCCN3C(=O)O)cc2n1. The van der Waals surface area contributed by atoms with Crippen molar-refractivity contribution in [1.82, 2.24) is 19.5 Å². The molecule has 6 nitrogen and oxygen atoms in total. The van der Waals surface area contributed by atoms with Crippen molar-refractivity contribution in [3.05, 3.63) is 28.7 Å². The van der Waals surface area contributed by atoms with Crippen LogP contribution < -0.4 is 0 Å². The molecule has 1 aliphatic heterocycles. The zero-order chi connectivity index (χ0) is 17.7. The van der Waals surface area contributed by atoms with Crippen LogP contribution in [0.4, 0.5) is 4.79 Å². The molecule has 0 aromatic carbocycles. The number of aryl methyl sites for hydroxylation is 1. The molecule has 1 aliphatic rings. The molecule has 3 heterocycles. The molecule has 1 fully saturated rings. The normalized spacial score (nSPS) is 22.1. The van der Waals surface area contributed by atoms with E-state index >= 15 is 0 Å². The van der Waals surface area contributed by atoms with Gasteiger partial charge in [0.15, 0.2) is 5.65 Å². The first-order valence-electron chi connectivity index (χ1n) is 8.21. The predicted molar refractivity (Wildman–Crippen MR) is 92.4 cm³/mol. The van der Waals surface area contributed by atoms with Crippen molar-refractivity contribution in [1.29, 1.82) is 0 Å². The Bertz CT molecular complexity index is 796. The van der Waals surface area contributed by atoms with Gasteiger partial charge in [-0.1, -0.05) is 32.4 Å². The van der Waals surface area contributed by atoms with Gasteiger partial charge in [-0.2, -0.15) is 5.10 Å². The summed E-state index contributed by atoms with van der Waals surface area (Å²) in [6.45, 7) is 8.60. The number of halogens is 1. The van der Waals surface area contributed by atoms with E-state index in [4.69, 9.17) is 11.6 Å². The highest BCUT2D eigenvalue weighted by molar-refractivity contribution is 6.29. The Labute approximate surface area is 146 Å². The summed E-state index contributed by atoms with van der Waals surface area (Å²) in [5.74, 6) is 0. The van der Waals surface area contributed by atoms with Crippen molar-refractivity contribution in [3.8, 4) is 0 Å². The third-order valence-corrected chi connectivity index (χ3v) is 5.31. The fraction of sp³-hybridized carbons (Fsp3) is 0.588. The summed E-state index contributed by atoms with van der Waals surface area (Å²) in [5.41, 5.74) is 1.17. The van der Waals surface area contributed by atoms with Gasteiger partial charge in [0.25, 0.3) is 0 Å². The van der Waals surface area contributed by atoms with Crippen LogP contribution in [0.1, 0.15) is 51.4 Å². The lowest BCUT2D eigenvalue weighted by Gasteiger charge is -2.52. The summed E-state index contributed by atoms with van der Waals surface area (Å²) in [6, 6.07) is 3.64. The summed E-state index contributed by atoms with van der Waals surface area (Å²) >= 11 is 6.30. The van der Waals surface area contributed by atoms with Crippen LogP contribution in [-0.4, -0.2) is 37.2 Å². The molecule has 0 aliphatic carbocycles. The molecule has 7 heteroatoms. The highest BCUT2D eigenvalue weighted by atomic mass is 35.5. The molecular weight excluding hydrogens is 328 g/mol. The first-order chi connectivity index (χ1) is 11.2. The van der Waals surface area contributed by atoms with Crippen LogP contribution >= 0.6 is 11.6 Å². The van der Waals surface area contributed by atoms with Crippen molar-refractivity contribution >= 4 is 23.3 Å². The fourth-order valence-corrected chi connectivity index (χ4v) is 4.20. The van der Waals surface area contributed by atoms with Gasteiger partial charge in [-0.25, -0.2) is 14.3 Å². The lowest BCUT2D eigenvalue weighted by Crippen LogP contribution is -2.59. The van der Waals surface area contributed by atoms with Gasteiger partial charge in [0, 0.05) is 18.3 Å². The average Bonchev–Trinajstić information content (AvgIpc) is 2.90. The molecule has 24 heavy (non-hydrogen) atoms. The summed E-state index contributed by atoms with van der Waals surface area (Å²) in [4.78, 5) is 18.0. The van der Waals surface area contributed by atoms with Crippen LogP contribution in [0.2, 0.25) is 5.15 Å². The Hall–Kier alpha value is -1.82. The lowest BCUT2D eigenvalue weighted by molar-refractivity contribution is -0.0324. The number of piperidine rings is 1. The van der Waals surface area contributed by atoms with Crippen molar-refractivity contribution in [2.45, 2.75) is 52.5 Å². The van der Waals surface area contributed by atoms with E-state index in [1.165, 1.54) is 0 Å². The Morgan fingerprint density at radius 1 is 1.33 bits per heavy atom. The van der Waals surface area contributed by atoms with Crippen LogP contribution in [0.15, 0.2) is 12.1 Å². The number of hydrogen-bond acceptors (Lipinski definition) is 3. The summed E-state index contributed by atoms with van der Waals surface area (Å²) in [6.07, 6.45) is 1.67. The minimum atomic E-state index is -0.906. The molecule has 0 radical (unpaired) electrons. The molecule has 1 amide bonds. The van der Waals surface area contributed by atoms with E-state index in [1.807, 2.05) is 13.0 Å². The highest BCUT2D eigenvalue weighted by Crippen LogP contribution is 2.50. The highest BCUT2D eigenvalue weighted by Gasteiger charge is 2.53. The van der Waals surface area contributed by atoms with Crippen LogP contribution in [0.3, 0.4) is 0 Å². The molecule has 1 N–H and O–H groups in total. The molecule has 0 spiro atoms. The standard InChI is InChI=1S/C17H23ClN4O2/c1-11-9-13(18)22-14(19-11)10-12(20-22)17(16(2,3)4)7-5-6-8-21(17)15(23)24/h9-10H,5-8H2,1-4H3,(H,23,24). The number of rotatable bonds is 1. The topological polar surface area (TPSA) is 70.7 Å². The van der Waals surface area contributed by atoms with E-state index in [1.54, 1.807) is 15.5 Å². The van der Waals surface area contributed by atoms with E-state index in [9.17, 15) is 9.90 Å². The number of likely N-dealkylation sites (tertiary alicyclic amines) is 1. The van der Waals surface area contributed by atoms with E-state index in [0.717, 1.165) is 30.7 Å². The molecule has 2 aromatic rings. The largest absolute Gasteiger partial charge is 0.465 e. The smallest absolute Gasteiger partial charge is 0.408 e. The van der Waals surface area contributed by atoms with Crippen LogP contribution in [0.25, 0.3) is 5.65 Å². The van der Waals surface area contributed by atoms with Crippen molar-refractivity contribution < 1.29 is 9.90 Å². The Balaban J connectivity index is 2.27. The maximum atomic E-state index is 12.0. The predicted octanol–water partition coefficient (Wildman–Crippen LogP) is 4.10. The minimum Gasteiger partial charge on any atom is -0.465 e. The Morgan fingerprint density at radius 3 is 2.67 bits per heavy atom.